The molecule has 9 heteroatoms. The predicted molar refractivity (Wildman–Crippen MR) is 187 cm³/mol. The van der Waals surface area contributed by atoms with Gasteiger partial charge in [-0.2, -0.15) is 0 Å². The maximum atomic E-state index is 14.3. The average Bonchev–Trinajstić information content (AvgIpc) is 3.38. The van der Waals surface area contributed by atoms with E-state index in [-0.39, 0.29) is 11.5 Å². The molecule has 0 unspecified atom stereocenters. The highest BCUT2D eigenvalue weighted by Gasteiger charge is 2.36. The Bertz CT molecular complexity index is 2130. The highest BCUT2D eigenvalue weighted by Crippen LogP contribution is 2.40. The summed E-state index contributed by atoms with van der Waals surface area (Å²) in [5.41, 5.74) is 3.55. The number of rotatable bonds is 9. The number of halogens is 1. The van der Waals surface area contributed by atoms with Crippen LogP contribution in [0.3, 0.4) is 0 Å². The van der Waals surface area contributed by atoms with Crippen LogP contribution in [0.1, 0.15) is 43.5 Å². The molecule has 46 heavy (non-hydrogen) atoms. The number of ether oxygens (including phenoxy) is 2. The van der Waals surface area contributed by atoms with Crippen molar-refractivity contribution in [2.45, 2.75) is 33.4 Å². The van der Waals surface area contributed by atoms with Gasteiger partial charge < -0.3 is 14.4 Å². The summed E-state index contributed by atoms with van der Waals surface area (Å²) in [6.07, 6.45) is 1.87. The van der Waals surface area contributed by atoms with Gasteiger partial charge in [0.05, 0.1) is 22.9 Å². The van der Waals surface area contributed by atoms with Crippen LogP contribution in [0.5, 0.6) is 11.5 Å². The first-order valence-electron chi connectivity index (χ1n) is 15.2. The number of amides is 1. The molecule has 0 saturated heterocycles. The van der Waals surface area contributed by atoms with Crippen LogP contribution < -0.4 is 24.4 Å². The van der Waals surface area contributed by atoms with Gasteiger partial charge >= 0.3 is 0 Å². The van der Waals surface area contributed by atoms with Gasteiger partial charge in [0.25, 0.3) is 11.5 Å². The van der Waals surface area contributed by atoms with Gasteiger partial charge in [-0.15, -0.1) is 0 Å². The summed E-state index contributed by atoms with van der Waals surface area (Å²) in [7, 11) is 1.62. The number of benzene rings is 4. The van der Waals surface area contributed by atoms with Gasteiger partial charge in [-0.05, 0) is 79.1 Å². The molecule has 6 rings (SSSR count). The molecule has 0 fully saturated rings. The van der Waals surface area contributed by atoms with Crippen molar-refractivity contribution >= 4 is 50.0 Å². The molecule has 7 nitrogen and oxygen atoms in total. The Morgan fingerprint density at radius 3 is 2.41 bits per heavy atom. The fourth-order valence-corrected chi connectivity index (χ4v) is 7.15. The topological polar surface area (TPSA) is 73.1 Å². The van der Waals surface area contributed by atoms with Crippen molar-refractivity contribution in [3.05, 3.63) is 137 Å². The Labute approximate surface area is 279 Å². The van der Waals surface area contributed by atoms with Crippen LogP contribution in [0.4, 0.5) is 0 Å². The van der Waals surface area contributed by atoms with Crippen LogP contribution in [0.2, 0.25) is 0 Å². The lowest BCUT2D eigenvalue weighted by Gasteiger charge is -2.30. The number of likely N-dealkylation sites (N-methyl/N-ethyl adjacent to an activating group) is 1. The van der Waals surface area contributed by atoms with Crippen molar-refractivity contribution < 1.29 is 14.3 Å². The van der Waals surface area contributed by atoms with Crippen LogP contribution in [0, 0.1) is 0 Å². The molecular formula is C37H34BrN3O4S. The van der Waals surface area contributed by atoms with Crippen molar-refractivity contribution in [2.24, 2.45) is 4.99 Å². The summed E-state index contributed by atoms with van der Waals surface area (Å²) in [5, 5.41) is 1.91. The Kier molecular flexibility index (Phi) is 9.24. The fraction of sp³-hybridized carbons (Fsp3) is 0.216. The van der Waals surface area contributed by atoms with Crippen LogP contribution in [-0.2, 0) is 11.4 Å². The Morgan fingerprint density at radius 2 is 1.72 bits per heavy atom. The van der Waals surface area contributed by atoms with E-state index in [1.165, 1.54) is 11.3 Å². The first-order chi connectivity index (χ1) is 22.3. The van der Waals surface area contributed by atoms with E-state index in [1.54, 1.807) is 16.6 Å². The van der Waals surface area contributed by atoms with Crippen LogP contribution in [0.15, 0.2) is 110 Å². The second-order valence-corrected chi connectivity index (χ2v) is 12.9. The monoisotopic (exact) mass is 695 g/mol. The lowest BCUT2D eigenvalue weighted by molar-refractivity contribution is -0.127. The van der Waals surface area contributed by atoms with Gasteiger partial charge in [0.2, 0.25) is 0 Å². The van der Waals surface area contributed by atoms with Gasteiger partial charge in [0.15, 0.2) is 4.80 Å². The van der Waals surface area contributed by atoms with Crippen molar-refractivity contribution in [2.75, 3.05) is 20.2 Å². The third kappa shape index (κ3) is 6.04. The Morgan fingerprint density at radius 1 is 1.00 bits per heavy atom. The number of aromatic nitrogens is 1. The number of thiazole rings is 1. The summed E-state index contributed by atoms with van der Waals surface area (Å²) in [5.74, 6) is 1.20. The third-order valence-electron chi connectivity index (χ3n) is 8.22. The van der Waals surface area contributed by atoms with Crippen LogP contribution in [0.25, 0.3) is 16.8 Å². The van der Waals surface area contributed by atoms with Crippen molar-refractivity contribution in [1.82, 2.24) is 9.47 Å². The molecule has 2 heterocycles. The minimum Gasteiger partial charge on any atom is -0.496 e. The minimum absolute atomic E-state index is 0.140. The zero-order valence-corrected chi connectivity index (χ0v) is 28.5. The standard InChI is InChI=1S/C37H34BrN3O4S/c1-5-40(6-2)36(43)32-23(3)39-37-41(34(32)33-29-10-8-7-9-26(29)15-20-30(33)44-4)35(42)31(46-37)21-24-13-18-28(19-14-24)45-22-25-11-16-27(38)17-12-25/h7-21,34H,5-6,22H2,1-4H3/b31-21+/t34-/m0/s1. The zero-order valence-electron chi connectivity index (χ0n) is 26.1. The molecule has 4 aromatic carbocycles. The summed E-state index contributed by atoms with van der Waals surface area (Å²) in [4.78, 5) is 35.6. The van der Waals surface area contributed by atoms with E-state index < -0.39 is 6.04 Å². The Balaban J connectivity index is 1.45. The van der Waals surface area contributed by atoms with Gasteiger partial charge in [-0.25, -0.2) is 4.99 Å². The van der Waals surface area contributed by atoms with E-state index in [0.29, 0.717) is 46.0 Å². The number of fused-ring (bicyclic) bond motifs is 2. The Hall–Kier alpha value is -4.47. The number of allylic oxidation sites excluding steroid dienone is 1. The SMILES string of the molecule is CCN(CC)C(=O)C1=C(C)N=c2s/c(=C/c3ccc(OCc4ccc(Br)cc4)cc3)c(=O)n2[C@@H]1c1c(OC)ccc2ccccc12. The normalized spacial score (nSPS) is 14.6. The predicted octanol–water partition coefficient (Wildman–Crippen LogP) is 6.61. The number of methoxy groups -OCH3 is 1. The smallest absolute Gasteiger partial charge is 0.271 e. The summed E-state index contributed by atoms with van der Waals surface area (Å²) in [6, 6.07) is 26.8. The highest BCUT2D eigenvalue weighted by molar-refractivity contribution is 9.10. The lowest BCUT2D eigenvalue weighted by Crippen LogP contribution is -2.43. The van der Waals surface area contributed by atoms with Crippen LogP contribution in [-0.4, -0.2) is 35.6 Å². The van der Waals surface area contributed by atoms with Gasteiger partial charge in [-0.1, -0.05) is 81.9 Å². The molecule has 1 aromatic heterocycles. The molecule has 0 N–H and O–H groups in total. The molecule has 5 aromatic rings. The van der Waals surface area contributed by atoms with Crippen molar-refractivity contribution in [1.29, 1.82) is 0 Å². The molecule has 0 radical (unpaired) electrons. The molecule has 0 aliphatic carbocycles. The maximum absolute atomic E-state index is 14.3. The molecule has 234 valence electrons. The zero-order chi connectivity index (χ0) is 32.4. The van der Waals surface area contributed by atoms with Crippen molar-refractivity contribution in [3.63, 3.8) is 0 Å². The van der Waals surface area contributed by atoms with E-state index in [9.17, 15) is 9.59 Å². The van der Waals surface area contributed by atoms with Gasteiger partial charge in [0, 0.05) is 23.1 Å². The first-order valence-corrected chi connectivity index (χ1v) is 16.8. The molecule has 1 aliphatic rings. The number of hydrogen-bond donors (Lipinski definition) is 0. The second kappa shape index (κ2) is 13.5. The molecule has 1 atom stereocenters. The number of carbonyl (C=O) groups excluding carboxylic acids is 1. The number of nitrogens with zero attached hydrogens (tertiary/aromatic N) is 3. The molecule has 0 bridgehead atoms. The van der Waals surface area contributed by atoms with E-state index in [2.05, 4.69) is 15.9 Å². The van der Waals surface area contributed by atoms with E-state index >= 15 is 0 Å². The minimum atomic E-state index is -0.720. The maximum Gasteiger partial charge on any atom is 0.271 e. The second-order valence-electron chi connectivity index (χ2n) is 10.9. The number of carbonyl (C=O) groups is 1. The van der Waals surface area contributed by atoms with Crippen molar-refractivity contribution in [3.8, 4) is 11.5 Å². The molecule has 1 amide bonds. The summed E-state index contributed by atoms with van der Waals surface area (Å²) in [6.45, 7) is 7.30. The molecular weight excluding hydrogens is 662 g/mol. The fourth-order valence-electron chi connectivity index (χ4n) is 5.84. The van der Waals surface area contributed by atoms with E-state index in [0.717, 1.165) is 37.7 Å². The van der Waals surface area contributed by atoms with Crippen LogP contribution >= 0.6 is 27.3 Å². The molecule has 0 spiro atoms. The largest absolute Gasteiger partial charge is 0.496 e. The third-order valence-corrected chi connectivity index (χ3v) is 9.74. The summed E-state index contributed by atoms with van der Waals surface area (Å²) < 4.78 is 15.1. The molecule has 0 saturated carbocycles. The first kappa shape index (κ1) is 31.5. The summed E-state index contributed by atoms with van der Waals surface area (Å²) >= 11 is 4.77. The quantitative estimate of drug-likeness (QED) is 0.174. The lowest BCUT2D eigenvalue weighted by atomic mass is 9.90. The van der Waals surface area contributed by atoms with Gasteiger partial charge in [-0.3, -0.25) is 14.2 Å². The highest BCUT2D eigenvalue weighted by atomic mass is 79.9. The molecule has 1 aliphatic heterocycles. The van der Waals surface area contributed by atoms with E-state index in [1.807, 2.05) is 112 Å². The van der Waals surface area contributed by atoms with Gasteiger partial charge in [0.1, 0.15) is 24.1 Å². The number of hydrogen-bond acceptors (Lipinski definition) is 6. The van der Waals surface area contributed by atoms with E-state index in [4.69, 9.17) is 14.5 Å². The average molecular weight is 697 g/mol.